The van der Waals surface area contributed by atoms with Gasteiger partial charge in [0.15, 0.2) is 0 Å². The fraction of sp³-hybridized carbons (Fsp3) is 0.522. The Bertz CT molecular complexity index is 946. The van der Waals surface area contributed by atoms with E-state index in [1.54, 1.807) is 0 Å². The molecule has 6 nitrogen and oxygen atoms in total. The van der Waals surface area contributed by atoms with Crippen LogP contribution in [0.5, 0.6) is 0 Å². The number of imidazole rings is 1. The lowest BCUT2D eigenvalue weighted by molar-refractivity contribution is -0.148. The second-order valence-corrected chi connectivity index (χ2v) is 8.72. The van der Waals surface area contributed by atoms with Gasteiger partial charge in [-0.1, -0.05) is 38.1 Å². The molecule has 3 heterocycles. The van der Waals surface area contributed by atoms with Crippen molar-refractivity contribution in [2.24, 2.45) is 5.92 Å². The zero-order valence-corrected chi connectivity index (χ0v) is 17.8. The number of carbonyl (C=O) groups is 2. The second-order valence-electron chi connectivity index (χ2n) is 8.72. The van der Waals surface area contributed by atoms with Crippen LogP contribution < -0.4 is 0 Å². The molecule has 0 radical (unpaired) electrons. The van der Waals surface area contributed by atoms with E-state index < -0.39 is 6.04 Å². The van der Waals surface area contributed by atoms with Gasteiger partial charge >= 0.3 is 0 Å². The van der Waals surface area contributed by atoms with E-state index in [9.17, 15) is 9.59 Å². The van der Waals surface area contributed by atoms with Gasteiger partial charge in [-0.3, -0.25) is 9.59 Å². The van der Waals surface area contributed by atoms with Crippen LogP contribution in [0.2, 0.25) is 0 Å². The third-order valence-electron chi connectivity index (χ3n) is 6.21. The van der Waals surface area contributed by atoms with E-state index in [2.05, 4.69) is 28.6 Å². The maximum Gasteiger partial charge on any atom is 0.246 e. The first-order valence-electron chi connectivity index (χ1n) is 10.5. The fourth-order valence-corrected chi connectivity index (χ4v) is 4.48. The molecule has 29 heavy (non-hydrogen) atoms. The summed E-state index contributed by atoms with van der Waals surface area (Å²) in [5.74, 6) is 1.32. The topological polar surface area (TPSA) is 58.4 Å². The summed E-state index contributed by atoms with van der Waals surface area (Å²) < 4.78 is 2.21. The van der Waals surface area contributed by atoms with E-state index in [0.29, 0.717) is 32.5 Å². The lowest BCUT2D eigenvalue weighted by atomic mass is 9.92. The maximum absolute atomic E-state index is 13.6. The number of hydrogen-bond donors (Lipinski definition) is 0. The number of aromatic nitrogens is 2. The van der Waals surface area contributed by atoms with E-state index in [1.807, 2.05) is 42.7 Å². The summed E-state index contributed by atoms with van der Waals surface area (Å²) in [4.78, 5) is 34.9. The van der Waals surface area contributed by atoms with Gasteiger partial charge in [0.05, 0.1) is 12.2 Å². The fourth-order valence-electron chi connectivity index (χ4n) is 4.48. The maximum atomic E-state index is 13.6. The molecule has 0 saturated carbocycles. The first-order chi connectivity index (χ1) is 13.8. The van der Waals surface area contributed by atoms with Crippen molar-refractivity contribution in [3.8, 4) is 0 Å². The monoisotopic (exact) mass is 394 g/mol. The molecule has 0 bridgehead atoms. The van der Waals surface area contributed by atoms with E-state index in [1.165, 1.54) is 11.3 Å². The third-order valence-corrected chi connectivity index (χ3v) is 6.21. The molecule has 1 unspecified atom stereocenters. The van der Waals surface area contributed by atoms with Gasteiger partial charge < -0.3 is 14.4 Å². The highest BCUT2D eigenvalue weighted by Crippen LogP contribution is 2.27. The van der Waals surface area contributed by atoms with Crippen molar-refractivity contribution >= 4 is 11.8 Å². The molecule has 6 heteroatoms. The molecular formula is C23H30N4O2. The third kappa shape index (κ3) is 3.68. The van der Waals surface area contributed by atoms with Crippen molar-refractivity contribution in [1.82, 2.24) is 19.4 Å². The van der Waals surface area contributed by atoms with Gasteiger partial charge in [-0.2, -0.15) is 0 Å². The molecule has 1 aromatic heterocycles. The van der Waals surface area contributed by atoms with Crippen LogP contribution in [0.25, 0.3) is 0 Å². The Hall–Kier alpha value is -2.63. The number of rotatable bonds is 3. The minimum Gasteiger partial charge on any atom is -0.332 e. The van der Waals surface area contributed by atoms with Crippen molar-refractivity contribution in [3.63, 3.8) is 0 Å². The number of amides is 2. The quantitative estimate of drug-likeness (QED) is 0.804. The molecule has 0 aliphatic carbocycles. The minimum atomic E-state index is -0.431. The van der Waals surface area contributed by atoms with Crippen LogP contribution in [-0.4, -0.2) is 43.8 Å². The van der Waals surface area contributed by atoms with Crippen molar-refractivity contribution in [2.45, 2.75) is 66.2 Å². The molecule has 154 valence electrons. The summed E-state index contributed by atoms with van der Waals surface area (Å²) in [6.45, 7) is 10.6. The average molecular weight is 395 g/mol. The lowest BCUT2D eigenvalue weighted by Crippen LogP contribution is -2.55. The Morgan fingerprint density at radius 2 is 1.83 bits per heavy atom. The number of carbonyl (C=O) groups excluding carboxylic acids is 2. The smallest absolute Gasteiger partial charge is 0.246 e. The molecule has 1 aromatic carbocycles. The Labute approximate surface area is 172 Å². The highest BCUT2D eigenvalue weighted by molar-refractivity contribution is 5.88. The van der Waals surface area contributed by atoms with Gasteiger partial charge in [-0.15, -0.1) is 0 Å². The molecule has 2 amide bonds. The Kier molecular flexibility index (Phi) is 5.19. The predicted octanol–water partition coefficient (Wildman–Crippen LogP) is 2.84. The van der Waals surface area contributed by atoms with Crippen LogP contribution in [0.3, 0.4) is 0 Å². The molecular weight excluding hydrogens is 364 g/mol. The second kappa shape index (κ2) is 7.65. The molecule has 0 saturated heterocycles. The first kappa shape index (κ1) is 19.7. The molecule has 0 fully saturated rings. The van der Waals surface area contributed by atoms with Crippen LogP contribution in [0.4, 0.5) is 0 Å². The van der Waals surface area contributed by atoms with E-state index in [4.69, 9.17) is 0 Å². The number of fused-ring (bicyclic) bond motifs is 2. The normalized spacial score (nSPS) is 18.6. The van der Waals surface area contributed by atoms with E-state index in [0.717, 1.165) is 23.6 Å². The summed E-state index contributed by atoms with van der Waals surface area (Å²) in [6, 6.07) is 7.72. The molecule has 0 N–H and O–H groups in total. The average Bonchev–Trinajstić information content (AvgIpc) is 2.99. The van der Waals surface area contributed by atoms with Crippen LogP contribution in [0.1, 0.15) is 48.6 Å². The predicted molar refractivity (Wildman–Crippen MR) is 111 cm³/mol. The van der Waals surface area contributed by atoms with Crippen LogP contribution >= 0.6 is 0 Å². The molecule has 4 rings (SSSR count). The van der Waals surface area contributed by atoms with Crippen molar-refractivity contribution < 1.29 is 9.59 Å². The summed E-state index contributed by atoms with van der Waals surface area (Å²) in [7, 11) is 0. The van der Waals surface area contributed by atoms with Gasteiger partial charge in [-0.05, 0) is 30.9 Å². The largest absolute Gasteiger partial charge is 0.332 e. The Balaban J connectivity index is 1.60. The SMILES string of the molecule is Cc1nc2n(c1C)CCN(C(=O)C1Cc3ccccc3CN1C(=O)CC(C)C)C2. The summed E-state index contributed by atoms with van der Waals surface area (Å²) in [5.41, 5.74) is 4.51. The Morgan fingerprint density at radius 3 is 2.55 bits per heavy atom. The van der Waals surface area contributed by atoms with Crippen LogP contribution in [-0.2, 0) is 35.6 Å². The number of hydrogen-bond acceptors (Lipinski definition) is 3. The van der Waals surface area contributed by atoms with E-state index >= 15 is 0 Å². The van der Waals surface area contributed by atoms with Crippen molar-refractivity contribution in [2.75, 3.05) is 6.54 Å². The van der Waals surface area contributed by atoms with Crippen LogP contribution in [0, 0.1) is 19.8 Å². The van der Waals surface area contributed by atoms with Crippen molar-refractivity contribution in [3.05, 3.63) is 52.6 Å². The Morgan fingerprint density at radius 1 is 1.10 bits per heavy atom. The molecule has 0 spiro atoms. The summed E-state index contributed by atoms with van der Waals surface area (Å²) in [5, 5.41) is 0. The van der Waals surface area contributed by atoms with Gasteiger partial charge in [0, 0.05) is 38.2 Å². The number of nitrogens with zero attached hydrogens (tertiary/aromatic N) is 4. The summed E-state index contributed by atoms with van der Waals surface area (Å²) >= 11 is 0. The van der Waals surface area contributed by atoms with Crippen LogP contribution in [0.15, 0.2) is 24.3 Å². The number of benzene rings is 1. The van der Waals surface area contributed by atoms with Gasteiger partial charge in [0.2, 0.25) is 11.8 Å². The standard InChI is InChI=1S/C23H30N4O2/c1-15(2)11-22(28)27-13-19-8-6-5-7-18(19)12-20(27)23(29)25-9-10-26-17(4)16(3)24-21(26)14-25/h5-8,15,20H,9-14H2,1-4H3. The van der Waals surface area contributed by atoms with Crippen molar-refractivity contribution in [1.29, 1.82) is 0 Å². The molecule has 2 aliphatic heterocycles. The highest BCUT2D eigenvalue weighted by atomic mass is 16.2. The van der Waals surface area contributed by atoms with Gasteiger partial charge in [0.1, 0.15) is 11.9 Å². The van der Waals surface area contributed by atoms with E-state index in [-0.39, 0.29) is 17.7 Å². The zero-order chi connectivity index (χ0) is 20.7. The first-order valence-corrected chi connectivity index (χ1v) is 10.5. The highest BCUT2D eigenvalue weighted by Gasteiger charge is 2.38. The lowest BCUT2D eigenvalue weighted by Gasteiger charge is -2.40. The number of aryl methyl sites for hydroxylation is 1. The molecule has 2 aromatic rings. The molecule has 1 atom stereocenters. The minimum absolute atomic E-state index is 0.0427. The van der Waals surface area contributed by atoms with Gasteiger partial charge in [-0.25, -0.2) is 4.98 Å². The zero-order valence-electron chi connectivity index (χ0n) is 17.8. The summed E-state index contributed by atoms with van der Waals surface area (Å²) in [6.07, 6.45) is 1.05. The van der Waals surface area contributed by atoms with Gasteiger partial charge in [0.25, 0.3) is 0 Å². The molecule has 2 aliphatic rings.